The molecule has 0 atom stereocenters. The molecule has 3 rings (SSSR count). The number of halogens is 3. The van der Waals surface area contributed by atoms with E-state index in [-0.39, 0.29) is 0 Å². The van der Waals surface area contributed by atoms with Gasteiger partial charge < -0.3 is 9.30 Å². The minimum Gasteiger partial charge on any atom is -0.494 e. The quantitative estimate of drug-likeness (QED) is 0.594. The van der Waals surface area contributed by atoms with Crippen LogP contribution in [0.3, 0.4) is 0 Å². The van der Waals surface area contributed by atoms with Gasteiger partial charge in [-0.1, -0.05) is 46.9 Å². The maximum Gasteiger partial charge on any atom is 0.158 e. The number of aromatic nitrogens is 1. The summed E-state index contributed by atoms with van der Waals surface area (Å²) in [6.07, 6.45) is 0. The van der Waals surface area contributed by atoms with E-state index in [2.05, 4.69) is 0 Å². The first-order valence-corrected chi connectivity index (χ1v) is 6.78. The number of hydrogen-bond acceptors (Lipinski definition) is 1. The van der Waals surface area contributed by atoms with Crippen LogP contribution in [0.15, 0.2) is 24.3 Å². The Hall–Kier alpha value is -1.09. The van der Waals surface area contributed by atoms with Crippen molar-refractivity contribution >= 4 is 56.6 Å². The fourth-order valence-corrected chi connectivity index (χ4v) is 3.53. The number of benzene rings is 2. The van der Waals surface area contributed by atoms with Crippen molar-refractivity contribution in [3.8, 4) is 5.75 Å². The Morgan fingerprint density at radius 3 is 2.42 bits per heavy atom. The highest BCUT2D eigenvalue weighted by Crippen LogP contribution is 2.43. The number of para-hydroxylation sites is 1. The summed E-state index contributed by atoms with van der Waals surface area (Å²) in [5.41, 5.74) is 1.80. The molecule has 19 heavy (non-hydrogen) atoms. The Morgan fingerprint density at radius 1 is 1.00 bits per heavy atom. The Bertz CT molecular complexity index is 808. The average molecular weight is 315 g/mol. The van der Waals surface area contributed by atoms with E-state index in [0.29, 0.717) is 20.8 Å². The third-order valence-electron chi connectivity index (χ3n) is 3.30. The van der Waals surface area contributed by atoms with E-state index in [4.69, 9.17) is 39.5 Å². The van der Waals surface area contributed by atoms with Gasteiger partial charge >= 0.3 is 0 Å². The van der Waals surface area contributed by atoms with Crippen molar-refractivity contribution in [1.29, 1.82) is 0 Å². The number of nitrogens with zero attached hydrogens (tertiary/aromatic N) is 1. The largest absolute Gasteiger partial charge is 0.494 e. The summed E-state index contributed by atoms with van der Waals surface area (Å²) in [5.74, 6) is 0.484. The lowest BCUT2D eigenvalue weighted by Crippen LogP contribution is -1.91. The smallest absolute Gasteiger partial charge is 0.158 e. The first-order chi connectivity index (χ1) is 9.06. The van der Waals surface area contributed by atoms with Crippen molar-refractivity contribution < 1.29 is 4.74 Å². The van der Waals surface area contributed by atoms with Crippen LogP contribution in [0.4, 0.5) is 0 Å². The monoisotopic (exact) mass is 313 g/mol. The lowest BCUT2D eigenvalue weighted by atomic mass is 10.1. The molecule has 0 fully saturated rings. The van der Waals surface area contributed by atoms with Crippen molar-refractivity contribution in [2.75, 3.05) is 7.11 Å². The molecule has 0 aliphatic heterocycles. The van der Waals surface area contributed by atoms with Gasteiger partial charge in [-0.25, -0.2) is 0 Å². The van der Waals surface area contributed by atoms with E-state index in [9.17, 15) is 0 Å². The lowest BCUT2D eigenvalue weighted by Gasteiger charge is -2.08. The number of hydrogen-bond donors (Lipinski definition) is 0. The molecule has 0 aliphatic rings. The summed E-state index contributed by atoms with van der Waals surface area (Å²) in [5, 5.41) is 3.67. The number of fused-ring (bicyclic) bond motifs is 3. The van der Waals surface area contributed by atoms with E-state index in [1.54, 1.807) is 7.11 Å². The minimum absolute atomic E-state index is 0.484. The van der Waals surface area contributed by atoms with Gasteiger partial charge in [0, 0.05) is 17.8 Å². The van der Waals surface area contributed by atoms with Crippen LogP contribution >= 0.6 is 34.8 Å². The molecule has 3 aromatic rings. The number of ether oxygens (including phenoxy) is 1. The number of rotatable bonds is 1. The van der Waals surface area contributed by atoms with E-state index < -0.39 is 0 Å². The standard InChI is InChI=1S/C14H10Cl3NO/c1-18-12-7(4-3-5-9(12)15)8-6-10(16)14(19-2)11(17)13(8)18/h3-6H,1-2H3. The van der Waals surface area contributed by atoms with Crippen LogP contribution < -0.4 is 4.74 Å². The molecule has 0 saturated heterocycles. The molecule has 5 heteroatoms. The van der Waals surface area contributed by atoms with Gasteiger partial charge in [-0.05, 0) is 12.1 Å². The average Bonchev–Trinajstić information content (AvgIpc) is 2.65. The van der Waals surface area contributed by atoms with Crippen LogP contribution in [0.25, 0.3) is 21.8 Å². The molecular weight excluding hydrogens is 305 g/mol. The van der Waals surface area contributed by atoms with Crippen LogP contribution in [0.5, 0.6) is 5.75 Å². The molecule has 0 N–H and O–H groups in total. The van der Waals surface area contributed by atoms with Crippen molar-refractivity contribution in [2.45, 2.75) is 0 Å². The molecule has 98 valence electrons. The maximum absolute atomic E-state index is 6.40. The molecule has 0 aliphatic carbocycles. The third kappa shape index (κ3) is 1.71. The first kappa shape index (κ1) is 12.9. The molecule has 1 aromatic heterocycles. The molecule has 1 heterocycles. The van der Waals surface area contributed by atoms with Crippen molar-refractivity contribution in [1.82, 2.24) is 4.57 Å². The van der Waals surface area contributed by atoms with Crippen molar-refractivity contribution in [3.63, 3.8) is 0 Å². The second kappa shape index (κ2) is 4.48. The molecule has 0 saturated carbocycles. The molecule has 0 spiro atoms. The second-order valence-electron chi connectivity index (χ2n) is 4.30. The van der Waals surface area contributed by atoms with Crippen LogP contribution in [0.2, 0.25) is 15.1 Å². The predicted octanol–water partition coefficient (Wildman–Crippen LogP) is 5.30. The predicted molar refractivity (Wildman–Crippen MR) is 82.0 cm³/mol. The Morgan fingerprint density at radius 2 is 1.74 bits per heavy atom. The summed E-state index contributed by atoms with van der Waals surface area (Å²) in [6.45, 7) is 0. The second-order valence-corrected chi connectivity index (χ2v) is 5.49. The zero-order valence-corrected chi connectivity index (χ0v) is 12.6. The Balaban J connectivity index is 2.63. The fraction of sp³-hybridized carbons (Fsp3) is 0.143. The highest BCUT2D eigenvalue weighted by Gasteiger charge is 2.18. The molecule has 2 nitrogen and oxygen atoms in total. The number of methoxy groups -OCH3 is 1. The van der Waals surface area contributed by atoms with Gasteiger partial charge in [0.1, 0.15) is 5.02 Å². The summed E-state index contributed by atoms with van der Waals surface area (Å²) in [7, 11) is 3.48. The van der Waals surface area contributed by atoms with Crippen molar-refractivity contribution in [2.24, 2.45) is 7.05 Å². The highest BCUT2D eigenvalue weighted by atomic mass is 35.5. The van der Waals surface area contributed by atoms with E-state index in [0.717, 1.165) is 21.8 Å². The summed E-state index contributed by atoms with van der Waals surface area (Å²) in [6, 6.07) is 7.63. The van der Waals surface area contributed by atoms with Crippen LogP contribution in [0.1, 0.15) is 0 Å². The van der Waals surface area contributed by atoms with Gasteiger partial charge in [-0.15, -0.1) is 0 Å². The Labute approximate surface area is 125 Å². The molecule has 0 radical (unpaired) electrons. The zero-order chi connectivity index (χ0) is 13.7. The summed E-state index contributed by atoms with van der Waals surface area (Å²) >= 11 is 18.9. The highest BCUT2D eigenvalue weighted by molar-refractivity contribution is 6.43. The molecule has 0 unspecified atom stereocenters. The van der Waals surface area contributed by atoms with Gasteiger partial charge in [0.15, 0.2) is 5.75 Å². The number of aryl methyl sites for hydroxylation is 1. The minimum atomic E-state index is 0.484. The van der Waals surface area contributed by atoms with Crippen molar-refractivity contribution in [3.05, 3.63) is 39.3 Å². The van der Waals surface area contributed by atoms with Crippen LogP contribution in [-0.2, 0) is 7.05 Å². The summed E-state index contributed by atoms with van der Waals surface area (Å²) < 4.78 is 7.22. The normalized spacial score (nSPS) is 11.4. The van der Waals surface area contributed by atoms with Gasteiger partial charge in [0.05, 0.1) is 28.2 Å². The zero-order valence-electron chi connectivity index (χ0n) is 10.3. The molecule has 0 bridgehead atoms. The maximum atomic E-state index is 6.40. The molecular formula is C14H10Cl3NO. The van der Waals surface area contributed by atoms with E-state index in [1.165, 1.54) is 0 Å². The molecule has 0 amide bonds. The van der Waals surface area contributed by atoms with Gasteiger partial charge in [-0.2, -0.15) is 0 Å². The van der Waals surface area contributed by atoms with E-state index in [1.807, 2.05) is 35.9 Å². The Kier molecular flexibility index (Phi) is 3.05. The lowest BCUT2D eigenvalue weighted by molar-refractivity contribution is 0.415. The summed E-state index contributed by atoms with van der Waals surface area (Å²) in [4.78, 5) is 0. The fourth-order valence-electron chi connectivity index (χ4n) is 2.50. The van der Waals surface area contributed by atoms with E-state index >= 15 is 0 Å². The molecule has 2 aromatic carbocycles. The first-order valence-electron chi connectivity index (χ1n) is 5.65. The van der Waals surface area contributed by atoms with Crippen LogP contribution in [0, 0.1) is 0 Å². The van der Waals surface area contributed by atoms with Gasteiger partial charge in [-0.3, -0.25) is 0 Å². The van der Waals surface area contributed by atoms with Gasteiger partial charge in [0.25, 0.3) is 0 Å². The van der Waals surface area contributed by atoms with Gasteiger partial charge in [0.2, 0.25) is 0 Å². The third-order valence-corrected chi connectivity index (χ3v) is 4.24. The SMILES string of the molecule is COc1c(Cl)cc2c3cccc(Cl)c3n(C)c2c1Cl. The topological polar surface area (TPSA) is 14.2 Å². The van der Waals surface area contributed by atoms with Crippen LogP contribution in [-0.4, -0.2) is 11.7 Å².